The molecule has 5 heteroatoms. The predicted molar refractivity (Wildman–Crippen MR) is 77.3 cm³/mol. The van der Waals surface area contributed by atoms with E-state index in [1.807, 2.05) is 12.1 Å². The average molecular weight is 297 g/mol. The number of hydrogen-bond donors (Lipinski definition) is 1. The van der Waals surface area contributed by atoms with E-state index in [0.717, 1.165) is 4.70 Å². The van der Waals surface area contributed by atoms with Gasteiger partial charge in [-0.1, -0.05) is 35.3 Å². The van der Waals surface area contributed by atoms with Crippen LogP contribution in [0.4, 0.5) is 0 Å². The van der Waals surface area contributed by atoms with Crippen LogP contribution in [0.3, 0.4) is 0 Å². The van der Waals surface area contributed by atoms with E-state index < -0.39 is 0 Å². The average Bonchev–Trinajstić information content (AvgIpc) is 2.36. The zero-order valence-electron chi connectivity index (χ0n) is 8.91. The Hall–Kier alpha value is -1.29. The summed E-state index contributed by atoms with van der Waals surface area (Å²) in [6.07, 6.45) is 0. The molecule has 3 rings (SSSR count). The van der Waals surface area contributed by atoms with Gasteiger partial charge in [0.2, 0.25) is 0 Å². The van der Waals surface area contributed by atoms with E-state index in [-0.39, 0.29) is 21.2 Å². The molecule has 0 radical (unpaired) electrons. The summed E-state index contributed by atoms with van der Waals surface area (Å²) in [6, 6.07) is 8.85. The van der Waals surface area contributed by atoms with Crippen LogP contribution < -0.4 is 5.43 Å². The summed E-state index contributed by atoms with van der Waals surface area (Å²) in [5.41, 5.74) is -0.184. The highest BCUT2D eigenvalue weighted by molar-refractivity contribution is 7.24. The second-order valence-corrected chi connectivity index (χ2v) is 5.69. The van der Waals surface area contributed by atoms with Gasteiger partial charge in [-0.25, -0.2) is 0 Å². The van der Waals surface area contributed by atoms with Gasteiger partial charge in [0.05, 0.1) is 15.4 Å². The van der Waals surface area contributed by atoms with Crippen molar-refractivity contribution in [1.82, 2.24) is 0 Å². The first-order valence-electron chi connectivity index (χ1n) is 5.12. The minimum absolute atomic E-state index is 0.0181. The first-order chi connectivity index (χ1) is 8.59. The Morgan fingerprint density at radius 1 is 1.11 bits per heavy atom. The first kappa shape index (κ1) is 11.8. The lowest BCUT2D eigenvalue weighted by Crippen LogP contribution is -2.01. The van der Waals surface area contributed by atoms with E-state index in [1.165, 1.54) is 11.3 Å². The Morgan fingerprint density at radius 3 is 2.61 bits per heavy atom. The lowest BCUT2D eigenvalue weighted by molar-refractivity contribution is 0.476. The van der Waals surface area contributed by atoms with Gasteiger partial charge >= 0.3 is 0 Å². The second-order valence-electron chi connectivity index (χ2n) is 3.82. The molecule has 0 aliphatic rings. The molecule has 0 atom stereocenters. The molecule has 18 heavy (non-hydrogen) atoms. The molecule has 0 saturated heterocycles. The quantitative estimate of drug-likeness (QED) is 0.623. The van der Waals surface area contributed by atoms with Crippen molar-refractivity contribution >= 4 is 54.7 Å². The molecule has 1 N–H and O–H groups in total. The maximum absolute atomic E-state index is 12.3. The van der Waals surface area contributed by atoms with Crippen LogP contribution in [0.25, 0.3) is 20.2 Å². The Morgan fingerprint density at radius 2 is 1.83 bits per heavy atom. The molecule has 0 bridgehead atoms. The monoisotopic (exact) mass is 296 g/mol. The van der Waals surface area contributed by atoms with Crippen LogP contribution in [0.2, 0.25) is 10.0 Å². The Kier molecular flexibility index (Phi) is 2.70. The second kappa shape index (κ2) is 4.12. The van der Waals surface area contributed by atoms with E-state index >= 15 is 0 Å². The molecule has 0 unspecified atom stereocenters. The van der Waals surface area contributed by atoms with Gasteiger partial charge in [0.15, 0.2) is 11.2 Å². The summed E-state index contributed by atoms with van der Waals surface area (Å²) in [5, 5.41) is 10.8. The van der Waals surface area contributed by atoms with E-state index in [0.29, 0.717) is 15.5 Å². The van der Waals surface area contributed by atoms with Gasteiger partial charge in [-0.15, -0.1) is 11.3 Å². The minimum Gasteiger partial charge on any atom is -0.505 e. The number of rotatable bonds is 0. The predicted octanol–water partition coefficient (Wildman–Crippen LogP) is 4.43. The van der Waals surface area contributed by atoms with Crippen LogP contribution in [-0.2, 0) is 0 Å². The van der Waals surface area contributed by atoms with Crippen molar-refractivity contribution in [1.29, 1.82) is 0 Å². The molecule has 0 spiro atoms. The summed E-state index contributed by atoms with van der Waals surface area (Å²) in [4.78, 5) is 12.3. The van der Waals surface area contributed by atoms with Crippen molar-refractivity contribution in [2.45, 2.75) is 0 Å². The number of benzene rings is 2. The van der Waals surface area contributed by atoms with E-state index in [9.17, 15) is 9.90 Å². The van der Waals surface area contributed by atoms with Crippen molar-refractivity contribution < 1.29 is 5.11 Å². The maximum atomic E-state index is 12.3. The number of fused-ring (bicyclic) bond motifs is 2. The highest BCUT2D eigenvalue weighted by atomic mass is 35.5. The van der Waals surface area contributed by atoms with Gasteiger partial charge in [-0.05, 0) is 18.2 Å². The fourth-order valence-electron chi connectivity index (χ4n) is 1.88. The third-order valence-corrected chi connectivity index (χ3v) is 4.51. The Labute approximate surface area is 116 Å². The van der Waals surface area contributed by atoms with Gasteiger partial charge in [0, 0.05) is 14.8 Å². The molecule has 2 nitrogen and oxygen atoms in total. The van der Waals surface area contributed by atoms with Crippen molar-refractivity contribution in [3.8, 4) is 5.75 Å². The summed E-state index contributed by atoms with van der Waals surface area (Å²) < 4.78 is 1.54. The maximum Gasteiger partial charge on any atom is 0.197 e. The molecule has 0 saturated carbocycles. The highest BCUT2D eigenvalue weighted by Gasteiger charge is 2.14. The molecular weight excluding hydrogens is 291 g/mol. The molecule has 0 aliphatic carbocycles. The van der Waals surface area contributed by atoms with Gasteiger partial charge in [0.25, 0.3) is 0 Å². The molecule has 0 aliphatic heterocycles. The van der Waals surface area contributed by atoms with Crippen molar-refractivity contribution in [2.75, 3.05) is 0 Å². The van der Waals surface area contributed by atoms with Crippen LogP contribution in [0, 0.1) is 0 Å². The summed E-state index contributed by atoms with van der Waals surface area (Å²) in [7, 11) is 0. The molecular formula is C13H6Cl2O2S. The molecule has 3 aromatic rings. The fraction of sp³-hybridized carbons (Fsp3) is 0. The number of hydrogen-bond acceptors (Lipinski definition) is 3. The third kappa shape index (κ3) is 1.59. The smallest absolute Gasteiger partial charge is 0.197 e. The van der Waals surface area contributed by atoms with E-state index in [1.54, 1.807) is 18.2 Å². The molecule has 2 aromatic carbocycles. The van der Waals surface area contributed by atoms with Crippen molar-refractivity contribution in [3.05, 3.63) is 50.6 Å². The number of aromatic hydroxyl groups is 1. The zero-order valence-corrected chi connectivity index (χ0v) is 11.2. The van der Waals surface area contributed by atoms with E-state index in [2.05, 4.69) is 0 Å². The lowest BCUT2D eigenvalue weighted by atomic mass is 10.2. The van der Waals surface area contributed by atoms with Crippen LogP contribution in [0.1, 0.15) is 0 Å². The standard InChI is InChI=1S/C13H6Cl2O2S/c14-7-5-9-10(11(15)13(7)17)12(16)6-3-1-2-4-8(6)18-9/h1-5,17H. The fourth-order valence-corrected chi connectivity index (χ4v) is 3.67. The van der Waals surface area contributed by atoms with Crippen molar-refractivity contribution in [3.63, 3.8) is 0 Å². The summed E-state index contributed by atoms with van der Waals surface area (Å²) in [6.45, 7) is 0. The SMILES string of the molecule is O=c1c2ccccc2sc2cc(Cl)c(O)c(Cl)c12. The van der Waals surface area contributed by atoms with Gasteiger partial charge < -0.3 is 5.11 Å². The van der Waals surface area contributed by atoms with Gasteiger partial charge in [0.1, 0.15) is 0 Å². The topological polar surface area (TPSA) is 37.3 Å². The van der Waals surface area contributed by atoms with Crippen LogP contribution in [0.15, 0.2) is 35.1 Å². The number of phenolic OH excluding ortho intramolecular Hbond substituents is 1. The van der Waals surface area contributed by atoms with Crippen LogP contribution in [-0.4, -0.2) is 5.11 Å². The van der Waals surface area contributed by atoms with E-state index in [4.69, 9.17) is 23.2 Å². The number of halogens is 2. The van der Waals surface area contributed by atoms with Gasteiger partial charge in [-0.2, -0.15) is 0 Å². The molecule has 1 heterocycles. The zero-order chi connectivity index (χ0) is 12.9. The first-order valence-corrected chi connectivity index (χ1v) is 6.69. The van der Waals surface area contributed by atoms with Crippen LogP contribution >= 0.6 is 34.5 Å². The molecule has 1 aromatic heterocycles. The normalized spacial score (nSPS) is 11.2. The van der Waals surface area contributed by atoms with Gasteiger partial charge in [-0.3, -0.25) is 4.79 Å². The summed E-state index contributed by atoms with van der Waals surface area (Å²) >= 11 is 13.3. The minimum atomic E-state index is -0.245. The molecule has 0 amide bonds. The highest BCUT2D eigenvalue weighted by Crippen LogP contribution is 2.39. The molecule has 0 fully saturated rings. The van der Waals surface area contributed by atoms with Crippen LogP contribution in [0.5, 0.6) is 5.75 Å². The third-order valence-electron chi connectivity index (χ3n) is 2.74. The number of phenols is 1. The van der Waals surface area contributed by atoms with Crippen molar-refractivity contribution in [2.24, 2.45) is 0 Å². The summed E-state index contributed by atoms with van der Waals surface area (Å²) in [5.74, 6) is -0.245. The molecule has 90 valence electrons. The lowest BCUT2D eigenvalue weighted by Gasteiger charge is -2.05. The Bertz CT molecular complexity index is 840. The largest absolute Gasteiger partial charge is 0.505 e. The Balaban J connectivity index is 2.65.